The van der Waals surface area contributed by atoms with Crippen molar-refractivity contribution in [3.8, 4) is 5.75 Å². The Balaban J connectivity index is 1.87. The fraction of sp³-hybridized carbons (Fsp3) is 0.174. The van der Waals surface area contributed by atoms with Crippen LogP contribution in [0.5, 0.6) is 5.75 Å². The standard InChI is InChI=1S/C23H21N3O6S2/c1-31-19-12-15-6-4-3-5-14(15)11-17(19)22(28)25-23-26(10-9-21(27)32-2)18-8-7-16(34(24,29)30)13-20(18)33-23/h3-8,11-13H,9-10H2,1-2H3,(H2,24,29,30). The first-order valence-electron chi connectivity index (χ1n) is 10.1. The van der Waals surface area contributed by atoms with Crippen LogP contribution in [0.25, 0.3) is 21.0 Å². The zero-order chi connectivity index (χ0) is 24.5. The molecule has 9 nitrogen and oxygen atoms in total. The van der Waals surface area contributed by atoms with Crippen LogP contribution in [0.4, 0.5) is 0 Å². The van der Waals surface area contributed by atoms with Crippen molar-refractivity contribution >= 4 is 54.2 Å². The lowest BCUT2D eigenvalue weighted by molar-refractivity contribution is -0.140. The molecule has 4 rings (SSSR count). The highest BCUT2D eigenvalue weighted by atomic mass is 32.2. The van der Waals surface area contributed by atoms with Crippen LogP contribution in [0.1, 0.15) is 16.8 Å². The van der Waals surface area contributed by atoms with Gasteiger partial charge in [-0.1, -0.05) is 35.6 Å². The number of primary sulfonamides is 1. The van der Waals surface area contributed by atoms with Gasteiger partial charge in [0.05, 0.1) is 41.3 Å². The lowest BCUT2D eigenvalue weighted by Crippen LogP contribution is -2.19. The van der Waals surface area contributed by atoms with Crippen LogP contribution in [0.3, 0.4) is 0 Å². The van der Waals surface area contributed by atoms with Crippen LogP contribution >= 0.6 is 11.3 Å². The second kappa shape index (κ2) is 9.37. The van der Waals surface area contributed by atoms with Gasteiger partial charge < -0.3 is 14.0 Å². The minimum absolute atomic E-state index is 0.0416. The molecule has 0 unspecified atom stereocenters. The Kier molecular flexibility index (Phi) is 6.51. The molecule has 4 aromatic rings. The molecule has 1 aromatic heterocycles. The molecule has 0 fully saturated rings. The number of esters is 1. The number of hydrogen-bond donors (Lipinski definition) is 1. The fourth-order valence-electron chi connectivity index (χ4n) is 3.54. The molecule has 11 heteroatoms. The van der Waals surface area contributed by atoms with Gasteiger partial charge in [-0.25, -0.2) is 13.6 Å². The highest BCUT2D eigenvalue weighted by Crippen LogP contribution is 2.27. The molecule has 34 heavy (non-hydrogen) atoms. The highest BCUT2D eigenvalue weighted by molar-refractivity contribution is 7.89. The number of sulfonamides is 1. The SMILES string of the molecule is COC(=O)CCn1c(=NC(=O)c2cc3ccccc3cc2OC)sc2cc(S(N)(=O)=O)ccc21. The zero-order valence-electron chi connectivity index (χ0n) is 18.3. The second-order valence-electron chi connectivity index (χ2n) is 7.35. The Morgan fingerprint density at radius 2 is 1.76 bits per heavy atom. The summed E-state index contributed by atoms with van der Waals surface area (Å²) in [5, 5.41) is 7.03. The van der Waals surface area contributed by atoms with E-state index in [0.29, 0.717) is 20.8 Å². The van der Waals surface area contributed by atoms with Crippen molar-refractivity contribution < 1.29 is 27.5 Å². The predicted octanol–water partition coefficient (Wildman–Crippen LogP) is 2.82. The number of hydrogen-bond acceptors (Lipinski definition) is 7. The third kappa shape index (κ3) is 4.72. The van der Waals surface area contributed by atoms with Gasteiger partial charge in [-0.15, -0.1) is 0 Å². The summed E-state index contributed by atoms with van der Waals surface area (Å²) < 4.78 is 35.9. The molecular formula is C23H21N3O6S2. The molecule has 0 atom stereocenters. The number of rotatable bonds is 6. The molecule has 1 amide bonds. The highest BCUT2D eigenvalue weighted by Gasteiger charge is 2.17. The molecule has 0 spiro atoms. The van der Waals surface area contributed by atoms with E-state index in [2.05, 4.69) is 4.99 Å². The van der Waals surface area contributed by atoms with Gasteiger partial charge in [-0.05, 0) is 41.1 Å². The Labute approximate surface area is 199 Å². The maximum atomic E-state index is 13.2. The summed E-state index contributed by atoms with van der Waals surface area (Å²) in [6, 6.07) is 15.4. The molecule has 0 saturated heterocycles. The van der Waals surface area contributed by atoms with Gasteiger partial charge in [0, 0.05) is 6.54 Å². The van der Waals surface area contributed by atoms with E-state index in [9.17, 15) is 18.0 Å². The molecule has 176 valence electrons. The molecule has 0 aliphatic rings. The summed E-state index contributed by atoms with van der Waals surface area (Å²) in [4.78, 5) is 29.5. The fourth-order valence-corrected chi connectivity index (χ4v) is 5.25. The van der Waals surface area contributed by atoms with Crippen LogP contribution in [0.2, 0.25) is 0 Å². The number of benzene rings is 3. The Morgan fingerprint density at radius 3 is 2.41 bits per heavy atom. The van der Waals surface area contributed by atoms with Crippen LogP contribution in [0.15, 0.2) is 64.5 Å². The van der Waals surface area contributed by atoms with Crippen LogP contribution in [0, 0.1) is 0 Å². The number of amides is 1. The first-order chi connectivity index (χ1) is 16.2. The van der Waals surface area contributed by atoms with Crippen molar-refractivity contribution in [2.45, 2.75) is 17.9 Å². The van der Waals surface area contributed by atoms with Crippen molar-refractivity contribution in [3.05, 3.63) is 65.0 Å². The average Bonchev–Trinajstić information content (AvgIpc) is 3.16. The van der Waals surface area contributed by atoms with E-state index in [1.807, 2.05) is 24.3 Å². The molecule has 1 heterocycles. The Morgan fingerprint density at radius 1 is 1.06 bits per heavy atom. The van der Waals surface area contributed by atoms with Crippen molar-refractivity contribution in [2.75, 3.05) is 14.2 Å². The quantitative estimate of drug-likeness (QED) is 0.406. The van der Waals surface area contributed by atoms with Crippen LogP contribution in [-0.4, -0.2) is 39.1 Å². The first-order valence-corrected chi connectivity index (χ1v) is 12.5. The normalized spacial score (nSPS) is 12.3. The number of carbonyl (C=O) groups excluding carboxylic acids is 2. The van der Waals surface area contributed by atoms with Crippen molar-refractivity contribution in [2.24, 2.45) is 10.1 Å². The van der Waals surface area contributed by atoms with Crippen molar-refractivity contribution in [1.82, 2.24) is 4.57 Å². The lowest BCUT2D eigenvalue weighted by atomic mass is 10.1. The Hall–Kier alpha value is -3.54. The largest absolute Gasteiger partial charge is 0.496 e. The minimum Gasteiger partial charge on any atom is -0.496 e. The number of methoxy groups -OCH3 is 2. The molecule has 0 aliphatic heterocycles. The molecule has 2 N–H and O–H groups in total. The number of ether oxygens (including phenoxy) is 2. The zero-order valence-corrected chi connectivity index (χ0v) is 20.0. The summed E-state index contributed by atoms with van der Waals surface area (Å²) in [6.07, 6.45) is 0.0416. The summed E-state index contributed by atoms with van der Waals surface area (Å²) in [5.74, 6) is -0.583. The van der Waals surface area contributed by atoms with E-state index in [4.69, 9.17) is 14.6 Å². The number of thiazole rings is 1. The van der Waals surface area contributed by atoms with Gasteiger partial charge in [0.15, 0.2) is 4.80 Å². The Bertz CT molecular complexity index is 1600. The third-order valence-corrected chi connectivity index (χ3v) is 7.20. The molecule has 0 bridgehead atoms. The number of aromatic nitrogens is 1. The molecule has 0 saturated carbocycles. The molecule has 3 aromatic carbocycles. The van der Waals surface area contributed by atoms with Gasteiger partial charge in [-0.3, -0.25) is 9.59 Å². The van der Waals surface area contributed by atoms with Gasteiger partial charge >= 0.3 is 5.97 Å². The molecule has 0 radical (unpaired) electrons. The van der Waals surface area contributed by atoms with E-state index in [1.54, 1.807) is 22.8 Å². The van der Waals surface area contributed by atoms with Gasteiger partial charge in [-0.2, -0.15) is 4.99 Å². The van der Waals surface area contributed by atoms with E-state index in [1.165, 1.54) is 26.4 Å². The van der Waals surface area contributed by atoms with Crippen LogP contribution in [-0.2, 0) is 26.1 Å². The molecular weight excluding hydrogens is 478 g/mol. The van der Waals surface area contributed by atoms with Crippen LogP contribution < -0.4 is 14.7 Å². The van der Waals surface area contributed by atoms with Crippen molar-refractivity contribution in [3.63, 3.8) is 0 Å². The topological polar surface area (TPSA) is 130 Å². The monoisotopic (exact) mass is 499 g/mol. The summed E-state index contributed by atoms with van der Waals surface area (Å²) in [6.45, 7) is 0.183. The summed E-state index contributed by atoms with van der Waals surface area (Å²) in [7, 11) is -1.15. The van der Waals surface area contributed by atoms with E-state index < -0.39 is 21.9 Å². The first kappa shape index (κ1) is 23.6. The van der Waals surface area contributed by atoms with Crippen molar-refractivity contribution in [1.29, 1.82) is 0 Å². The second-order valence-corrected chi connectivity index (χ2v) is 9.92. The minimum atomic E-state index is -3.91. The predicted molar refractivity (Wildman–Crippen MR) is 128 cm³/mol. The maximum absolute atomic E-state index is 13.2. The average molecular weight is 500 g/mol. The maximum Gasteiger partial charge on any atom is 0.307 e. The molecule has 0 aliphatic carbocycles. The van der Waals surface area contributed by atoms with Gasteiger partial charge in [0.1, 0.15) is 5.75 Å². The van der Waals surface area contributed by atoms with E-state index >= 15 is 0 Å². The number of carbonyl (C=O) groups is 2. The lowest BCUT2D eigenvalue weighted by Gasteiger charge is -2.08. The van der Waals surface area contributed by atoms with E-state index in [-0.39, 0.29) is 23.4 Å². The summed E-state index contributed by atoms with van der Waals surface area (Å²) >= 11 is 1.12. The number of aryl methyl sites for hydroxylation is 1. The smallest absolute Gasteiger partial charge is 0.307 e. The summed E-state index contributed by atoms with van der Waals surface area (Å²) in [5.41, 5.74) is 0.890. The van der Waals surface area contributed by atoms with E-state index in [0.717, 1.165) is 22.1 Å². The number of fused-ring (bicyclic) bond motifs is 2. The number of nitrogens with zero attached hydrogens (tertiary/aromatic N) is 2. The van der Waals surface area contributed by atoms with Gasteiger partial charge in [0.25, 0.3) is 5.91 Å². The number of nitrogens with two attached hydrogens (primary N) is 1. The van der Waals surface area contributed by atoms with Gasteiger partial charge in [0.2, 0.25) is 10.0 Å². The third-order valence-electron chi connectivity index (χ3n) is 5.25.